The van der Waals surface area contributed by atoms with Crippen LogP contribution in [0.4, 0.5) is 16.2 Å². The van der Waals surface area contributed by atoms with E-state index in [1.807, 2.05) is 11.8 Å². The van der Waals surface area contributed by atoms with E-state index in [2.05, 4.69) is 137 Å². The second-order valence-corrected chi connectivity index (χ2v) is 22.4. The Morgan fingerprint density at radius 1 is 0.634 bits per heavy atom. The molecule has 2 aromatic carbocycles. The number of ether oxygens (including phenoxy) is 10. The van der Waals surface area contributed by atoms with Gasteiger partial charge in [-0.2, -0.15) is 16.3 Å². The molecule has 4 heterocycles. The van der Waals surface area contributed by atoms with E-state index >= 15 is 0 Å². The number of thioether (sulfide) groups is 1. The van der Waals surface area contributed by atoms with E-state index < -0.39 is 0 Å². The van der Waals surface area contributed by atoms with E-state index in [-0.39, 0.29) is 59.6 Å². The van der Waals surface area contributed by atoms with Crippen molar-refractivity contribution in [3.63, 3.8) is 0 Å². The third-order valence-corrected chi connectivity index (χ3v) is 16.1. The second-order valence-electron chi connectivity index (χ2n) is 21.1. The molecule has 0 saturated carbocycles. The van der Waals surface area contributed by atoms with Crippen molar-refractivity contribution in [1.82, 2.24) is 21.3 Å². The van der Waals surface area contributed by atoms with Crippen LogP contribution in [0.25, 0.3) is 0 Å². The summed E-state index contributed by atoms with van der Waals surface area (Å²) >= 11 is 1.89. The predicted molar refractivity (Wildman–Crippen MR) is 316 cm³/mol. The third kappa shape index (κ3) is 22.5. The van der Waals surface area contributed by atoms with E-state index in [1.165, 1.54) is 33.9 Å². The lowest BCUT2D eigenvalue weighted by Crippen LogP contribution is -3.00. The number of hydrogen-bond acceptors (Lipinski definition) is 15. The molecule has 2 saturated heterocycles. The van der Waals surface area contributed by atoms with Crippen LogP contribution >= 0.6 is 11.8 Å². The molecule has 0 aromatic heterocycles. The Kier molecular flexibility index (Phi) is 32.1. The summed E-state index contributed by atoms with van der Waals surface area (Å²) in [6.45, 7) is 20.3. The zero-order valence-corrected chi connectivity index (χ0v) is 50.8. The number of fused-ring (bicyclic) bond motifs is 3. The predicted octanol–water partition coefficient (Wildman–Crippen LogP) is 3.01. The maximum absolute atomic E-state index is 12.2. The molecule has 4 aliphatic rings. The van der Waals surface area contributed by atoms with Crippen LogP contribution in [0.3, 0.4) is 0 Å². The minimum absolute atomic E-state index is 0. The number of para-hydroxylation sites is 2. The Bertz CT molecular complexity index is 2340. The van der Waals surface area contributed by atoms with E-state index in [0.717, 1.165) is 31.6 Å². The first-order valence-corrected chi connectivity index (χ1v) is 30.1. The summed E-state index contributed by atoms with van der Waals surface area (Å²) in [6, 6.07) is 17.6. The number of carbonyl (C=O) groups excluding carboxylic acids is 3. The molecule has 2 aromatic rings. The average molecular weight is 1190 g/mol. The summed E-state index contributed by atoms with van der Waals surface area (Å²) in [4.78, 5) is 38.2. The van der Waals surface area contributed by atoms with Gasteiger partial charge in [0.1, 0.15) is 6.61 Å². The highest BCUT2D eigenvalue weighted by Crippen LogP contribution is 2.47. The lowest BCUT2D eigenvalue weighted by molar-refractivity contribution is -0.442. The molecule has 0 bridgehead atoms. The molecular weight excluding hydrogens is 1090 g/mol. The summed E-state index contributed by atoms with van der Waals surface area (Å²) in [5, 5.41) is 12.1. The molecule has 458 valence electrons. The molecule has 3 atom stereocenters. The van der Waals surface area contributed by atoms with Crippen LogP contribution in [0.1, 0.15) is 70.9 Å². The number of carbonyl (C=O) groups is 3. The number of benzene rings is 2. The maximum atomic E-state index is 12.2. The lowest BCUT2D eigenvalue weighted by atomic mass is 9.81. The van der Waals surface area contributed by atoms with Gasteiger partial charge in [0.05, 0.1) is 136 Å². The molecule has 2 fully saturated rings. The molecule has 4 N–H and O–H groups in total. The number of nitrogens with zero attached hydrogens (tertiary/aromatic N) is 2. The Morgan fingerprint density at radius 3 is 1.83 bits per heavy atom. The zero-order valence-electron chi connectivity index (χ0n) is 49.2. The first-order chi connectivity index (χ1) is 39.5. The molecule has 6 rings (SSSR count). The normalized spacial score (nSPS) is 19.0. The summed E-state index contributed by atoms with van der Waals surface area (Å²) in [6.07, 6.45) is 14.4. The van der Waals surface area contributed by atoms with Crippen LogP contribution in [0, 0.1) is 0 Å². The summed E-state index contributed by atoms with van der Waals surface area (Å²) in [7, 11) is 1.66. The molecule has 4 amide bonds. The van der Waals surface area contributed by atoms with E-state index in [4.69, 9.17) is 47.4 Å². The van der Waals surface area contributed by atoms with E-state index in [1.54, 1.807) is 7.11 Å². The fraction of sp³-hybridized carbons (Fsp3) is 0.639. The number of halogens is 1. The largest absolute Gasteiger partial charge is 1.00 e. The molecule has 21 heteroatoms. The molecule has 0 radical (unpaired) electrons. The van der Waals surface area contributed by atoms with E-state index in [9.17, 15) is 14.4 Å². The maximum Gasteiger partial charge on any atom is 0.315 e. The van der Waals surface area contributed by atoms with Gasteiger partial charge in [0, 0.05) is 85.1 Å². The van der Waals surface area contributed by atoms with Crippen LogP contribution in [0.15, 0.2) is 84.6 Å². The molecule has 0 unspecified atom stereocenters. The number of rotatable bonds is 44. The van der Waals surface area contributed by atoms with Crippen LogP contribution in [-0.4, -0.2) is 210 Å². The highest BCUT2D eigenvalue weighted by atomic mass is 35.5. The summed E-state index contributed by atoms with van der Waals surface area (Å²) in [5.74, 6) is 0.863. The van der Waals surface area contributed by atoms with Gasteiger partial charge in [-0.25, -0.2) is 4.79 Å². The van der Waals surface area contributed by atoms with Crippen molar-refractivity contribution in [2.45, 2.75) is 88.0 Å². The number of anilines is 1. The van der Waals surface area contributed by atoms with Crippen LogP contribution < -0.4 is 38.6 Å². The Morgan fingerprint density at radius 2 is 1.18 bits per heavy atom. The zero-order chi connectivity index (χ0) is 57.4. The number of unbranched alkanes of at least 4 members (excludes halogenated alkanes) is 1. The van der Waals surface area contributed by atoms with Crippen molar-refractivity contribution in [3.8, 4) is 0 Å². The van der Waals surface area contributed by atoms with Gasteiger partial charge in [-0.3, -0.25) is 9.59 Å². The lowest BCUT2D eigenvalue weighted by Gasteiger charge is -2.27. The highest BCUT2D eigenvalue weighted by Gasteiger charge is 2.45. The van der Waals surface area contributed by atoms with Crippen molar-refractivity contribution in [3.05, 3.63) is 95.7 Å². The fourth-order valence-electron chi connectivity index (χ4n) is 10.3. The molecule has 19 nitrogen and oxygen atoms in total. The van der Waals surface area contributed by atoms with Gasteiger partial charge in [0.2, 0.25) is 17.5 Å². The fourth-order valence-corrected chi connectivity index (χ4v) is 11.9. The van der Waals surface area contributed by atoms with Crippen molar-refractivity contribution >= 4 is 46.7 Å². The minimum atomic E-state index is -0.186. The van der Waals surface area contributed by atoms with Crippen molar-refractivity contribution in [1.29, 1.82) is 0 Å². The smallest absolute Gasteiger partial charge is 0.315 e. The first kappa shape index (κ1) is 68.4. The van der Waals surface area contributed by atoms with Gasteiger partial charge in [0.15, 0.2) is 12.3 Å². The standard InChI is InChI=1S/C61H92N6O13S.ClH/c1-60(2)48-15-9-11-17-51(48)66(26-31-75-38-41-79-44-43-77-34-33-71-5)54(60)20-7-6-8-21-55-61(3,4)49-16-10-12-18-52(49)67(55)27-32-76-39-42-80-46-45-78-40-35-72-28-23-57(69)63-25-30-74-37-36-73-29-24-62-56(68)22-14-13-19-53-58-50(47-81-53)64-59(70)65-58;/h6-12,15-18,20-21,50,53,58H,13-14,19,22-47H2,1-5H3,(H3-,62,63,64,65,68,69,70);1H/t50-,53-,58-;/m0./s1. The highest BCUT2D eigenvalue weighted by molar-refractivity contribution is 8.00. The number of nitrogens with one attached hydrogen (secondary N) is 4. The molecule has 82 heavy (non-hydrogen) atoms. The Labute approximate surface area is 497 Å². The number of hydrogen-bond donors (Lipinski definition) is 4. The van der Waals surface area contributed by atoms with Gasteiger partial charge >= 0.3 is 6.03 Å². The van der Waals surface area contributed by atoms with Crippen LogP contribution in [0.5, 0.6) is 0 Å². The summed E-state index contributed by atoms with van der Waals surface area (Å²) < 4.78 is 58.6. The first-order valence-electron chi connectivity index (χ1n) is 29.1. The second kappa shape index (κ2) is 38.5. The van der Waals surface area contributed by atoms with Crippen molar-refractivity contribution < 1.29 is 78.7 Å². The van der Waals surface area contributed by atoms with Crippen molar-refractivity contribution in [2.75, 3.05) is 169 Å². The van der Waals surface area contributed by atoms with Gasteiger partial charge in [0.25, 0.3) is 0 Å². The minimum Gasteiger partial charge on any atom is -1.00 e. The van der Waals surface area contributed by atoms with Crippen molar-refractivity contribution in [2.24, 2.45) is 0 Å². The number of urea groups is 1. The molecule has 0 spiro atoms. The van der Waals surface area contributed by atoms with Gasteiger partial charge < -0.3 is 85.9 Å². The van der Waals surface area contributed by atoms with Gasteiger partial charge in [-0.1, -0.05) is 74.9 Å². The van der Waals surface area contributed by atoms with E-state index in [0.29, 0.717) is 157 Å². The van der Waals surface area contributed by atoms with Crippen LogP contribution in [0.2, 0.25) is 0 Å². The third-order valence-electron chi connectivity index (χ3n) is 14.6. The van der Waals surface area contributed by atoms with Crippen LogP contribution in [-0.2, 0) is 67.8 Å². The molecule has 4 aliphatic heterocycles. The van der Waals surface area contributed by atoms with Gasteiger partial charge in [-0.05, 0) is 44.4 Å². The number of methoxy groups -OCH3 is 1. The Hall–Kier alpha value is -4.42. The molecular formula is C61H93ClN6O13S. The topological polar surface area (TPSA) is 198 Å². The van der Waals surface area contributed by atoms with Gasteiger partial charge in [-0.15, -0.1) is 0 Å². The monoisotopic (exact) mass is 1180 g/mol. The molecule has 0 aliphatic carbocycles. The quantitative estimate of drug-likeness (QED) is 0.0327. The summed E-state index contributed by atoms with van der Waals surface area (Å²) in [5.41, 5.74) is 7.11. The Balaban J connectivity index is 0.0000123. The number of allylic oxidation sites excluding steroid dienone is 6. The number of amides is 4. The average Bonchev–Trinajstić information content (AvgIpc) is 4.34. The SMILES string of the molecule is COCCOCCOCCOCC[N+]1=C(/C=C/C=C/C=C2/N(CCOCCOCCOCCOCCC(=O)NCCOCCOCCNC(=O)CCCC[C@@H]3SC[C@@H]4NC(=O)N[C@@H]43)c3ccccc3C2(C)C)C(C)(C)c2ccccc21.[Cl-].